The molecule has 10 heteroatoms. The number of carbonyl (C=O) groups is 1. The molecule has 4 heterocycles. The summed E-state index contributed by atoms with van der Waals surface area (Å²) in [7, 11) is 4.27. The van der Waals surface area contributed by atoms with E-state index in [1.54, 1.807) is 4.90 Å². The molecule has 2 aromatic carbocycles. The quantitative estimate of drug-likeness (QED) is 0.303. The zero-order chi connectivity index (χ0) is 31.0. The van der Waals surface area contributed by atoms with Crippen molar-refractivity contribution in [2.75, 3.05) is 63.2 Å². The summed E-state index contributed by atoms with van der Waals surface area (Å²) in [5.41, 5.74) is 2.84. The van der Waals surface area contributed by atoms with Crippen LogP contribution in [0, 0.1) is 5.92 Å². The number of likely N-dealkylation sites (N-methyl/N-ethyl adjacent to an activating group) is 1. The van der Waals surface area contributed by atoms with Crippen molar-refractivity contribution < 1.29 is 14.3 Å². The first-order chi connectivity index (χ1) is 21.1. The van der Waals surface area contributed by atoms with Crippen LogP contribution in [0.15, 0.2) is 36.4 Å². The van der Waals surface area contributed by atoms with E-state index in [2.05, 4.69) is 53.1 Å². The molecule has 6 rings (SSSR count). The normalized spacial score (nSPS) is 19.2. The molecule has 0 aliphatic carbocycles. The Morgan fingerprint density at radius 2 is 1.89 bits per heavy atom. The van der Waals surface area contributed by atoms with E-state index < -0.39 is 5.60 Å². The minimum absolute atomic E-state index is 0.223. The first kappa shape index (κ1) is 30.7. The third-order valence-corrected chi connectivity index (χ3v) is 9.43. The highest BCUT2D eigenvalue weighted by molar-refractivity contribution is 6.36. The molecule has 2 saturated heterocycles. The van der Waals surface area contributed by atoms with E-state index in [1.807, 2.05) is 32.9 Å². The SMILES string of the molecule is CN(CCC1CN(C(=O)OC(C)(C)C)C1)c1nc(OCC2CCCN2C)nc2c1CCN(c1cccc3cccc(Cl)c13)C2. The van der Waals surface area contributed by atoms with E-state index in [0.29, 0.717) is 31.1 Å². The molecule has 0 spiro atoms. The summed E-state index contributed by atoms with van der Waals surface area (Å²) in [4.78, 5) is 31.1. The smallest absolute Gasteiger partial charge is 0.410 e. The Hall–Kier alpha value is -3.30. The highest BCUT2D eigenvalue weighted by atomic mass is 35.5. The van der Waals surface area contributed by atoms with Gasteiger partial charge in [0.25, 0.3) is 0 Å². The average molecular weight is 621 g/mol. The lowest BCUT2D eigenvalue weighted by Gasteiger charge is -2.40. The van der Waals surface area contributed by atoms with Crippen LogP contribution in [0.25, 0.3) is 10.8 Å². The Morgan fingerprint density at radius 1 is 1.11 bits per heavy atom. The van der Waals surface area contributed by atoms with Gasteiger partial charge in [0.15, 0.2) is 0 Å². The maximum Gasteiger partial charge on any atom is 0.410 e. The number of amides is 1. The van der Waals surface area contributed by atoms with E-state index in [0.717, 1.165) is 85.0 Å². The number of hydrogen-bond acceptors (Lipinski definition) is 8. The van der Waals surface area contributed by atoms with Crippen molar-refractivity contribution in [3.8, 4) is 6.01 Å². The van der Waals surface area contributed by atoms with Crippen molar-refractivity contribution in [3.05, 3.63) is 52.7 Å². The zero-order valence-electron chi connectivity index (χ0n) is 26.7. The number of halogens is 1. The van der Waals surface area contributed by atoms with Crippen molar-refractivity contribution in [1.82, 2.24) is 19.8 Å². The zero-order valence-corrected chi connectivity index (χ0v) is 27.4. The fourth-order valence-corrected chi connectivity index (χ4v) is 6.86. The van der Waals surface area contributed by atoms with E-state index >= 15 is 0 Å². The molecular formula is C34H45ClN6O3. The van der Waals surface area contributed by atoms with Crippen LogP contribution in [0.4, 0.5) is 16.3 Å². The third kappa shape index (κ3) is 6.69. The van der Waals surface area contributed by atoms with Crippen molar-refractivity contribution in [1.29, 1.82) is 0 Å². The fourth-order valence-electron chi connectivity index (χ4n) is 6.58. The molecule has 0 N–H and O–H groups in total. The lowest BCUT2D eigenvalue weighted by molar-refractivity contribution is -0.00177. The topological polar surface area (TPSA) is 74.3 Å². The molecule has 3 aromatic rings. The van der Waals surface area contributed by atoms with E-state index in [4.69, 9.17) is 31.0 Å². The molecule has 3 aliphatic rings. The van der Waals surface area contributed by atoms with Crippen LogP contribution in [0.2, 0.25) is 5.02 Å². The molecule has 44 heavy (non-hydrogen) atoms. The van der Waals surface area contributed by atoms with Crippen molar-refractivity contribution >= 4 is 40.0 Å². The van der Waals surface area contributed by atoms with Gasteiger partial charge in [0.1, 0.15) is 18.0 Å². The van der Waals surface area contributed by atoms with Crippen LogP contribution in [-0.2, 0) is 17.7 Å². The number of aromatic nitrogens is 2. The minimum atomic E-state index is -0.475. The Morgan fingerprint density at radius 3 is 2.61 bits per heavy atom. The summed E-state index contributed by atoms with van der Waals surface area (Å²) in [6.45, 7) is 11.2. The minimum Gasteiger partial charge on any atom is -0.462 e. The maximum absolute atomic E-state index is 12.4. The summed E-state index contributed by atoms with van der Waals surface area (Å²) < 4.78 is 11.8. The van der Waals surface area contributed by atoms with Gasteiger partial charge in [-0.15, -0.1) is 0 Å². The largest absolute Gasteiger partial charge is 0.462 e. The monoisotopic (exact) mass is 620 g/mol. The summed E-state index contributed by atoms with van der Waals surface area (Å²) in [6.07, 6.45) is 3.90. The lowest BCUT2D eigenvalue weighted by atomic mass is 9.96. The number of likely N-dealkylation sites (tertiary alicyclic amines) is 2. The molecule has 236 valence electrons. The molecule has 1 unspecified atom stereocenters. The number of rotatable bonds is 8. The second-order valence-electron chi connectivity index (χ2n) is 13.6. The highest BCUT2D eigenvalue weighted by Crippen LogP contribution is 2.37. The van der Waals surface area contributed by atoms with E-state index in [-0.39, 0.29) is 6.09 Å². The first-order valence-electron chi connectivity index (χ1n) is 15.9. The molecule has 0 saturated carbocycles. The maximum atomic E-state index is 12.4. The van der Waals surface area contributed by atoms with Gasteiger partial charge in [0.2, 0.25) is 0 Å². The number of hydrogen-bond donors (Lipinski definition) is 0. The number of nitrogens with zero attached hydrogens (tertiary/aromatic N) is 6. The summed E-state index contributed by atoms with van der Waals surface area (Å²) in [5.74, 6) is 1.39. The number of fused-ring (bicyclic) bond motifs is 2. The molecule has 2 fully saturated rings. The first-order valence-corrected chi connectivity index (χ1v) is 16.3. The van der Waals surface area contributed by atoms with Gasteiger partial charge < -0.3 is 29.1 Å². The second kappa shape index (κ2) is 12.6. The van der Waals surface area contributed by atoms with Gasteiger partial charge in [-0.05, 0) is 83.5 Å². The summed E-state index contributed by atoms with van der Waals surface area (Å²) >= 11 is 6.71. The number of benzene rings is 2. The van der Waals surface area contributed by atoms with E-state index in [1.165, 1.54) is 12.0 Å². The van der Waals surface area contributed by atoms with Crippen molar-refractivity contribution in [3.63, 3.8) is 0 Å². The van der Waals surface area contributed by atoms with Crippen LogP contribution in [0.5, 0.6) is 6.01 Å². The van der Waals surface area contributed by atoms with E-state index in [9.17, 15) is 4.79 Å². The Bertz CT molecular complexity index is 1500. The predicted octanol–water partition coefficient (Wildman–Crippen LogP) is 6.01. The highest BCUT2D eigenvalue weighted by Gasteiger charge is 2.34. The van der Waals surface area contributed by atoms with Gasteiger partial charge >= 0.3 is 12.1 Å². The molecule has 1 atom stereocenters. The number of anilines is 2. The van der Waals surface area contributed by atoms with Gasteiger partial charge in [-0.2, -0.15) is 9.97 Å². The molecule has 1 aromatic heterocycles. The predicted molar refractivity (Wildman–Crippen MR) is 176 cm³/mol. The van der Waals surface area contributed by atoms with Crippen LogP contribution in [0.3, 0.4) is 0 Å². The number of carbonyl (C=O) groups excluding carboxylic acids is 1. The molecular weight excluding hydrogens is 576 g/mol. The molecule has 0 bridgehead atoms. The van der Waals surface area contributed by atoms with Crippen LogP contribution in [0.1, 0.15) is 51.3 Å². The standard InChI is InChI=1S/C34H45ClN6O3/c1-34(2,3)44-33(42)41-19-23(20-41)14-17-39(5)31-26-15-18-40(29-13-7-10-24-9-6-12-27(35)30(24)29)21-28(26)36-32(37-31)43-22-25-11-8-16-38(25)4/h6-7,9-10,12-13,23,25H,8,11,14-22H2,1-5H3. The van der Waals surface area contributed by atoms with Crippen molar-refractivity contribution in [2.24, 2.45) is 5.92 Å². The van der Waals surface area contributed by atoms with Crippen molar-refractivity contribution in [2.45, 2.75) is 64.6 Å². The van der Waals surface area contributed by atoms with Gasteiger partial charge in [-0.3, -0.25) is 0 Å². The summed E-state index contributed by atoms with van der Waals surface area (Å²) in [5, 5.41) is 2.97. The average Bonchev–Trinajstić information content (AvgIpc) is 3.37. The van der Waals surface area contributed by atoms with Gasteiger partial charge in [-0.25, -0.2) is 4.79 Å². The van der Waals surface area contributed by atoms with Crippen LogP contribution in [-0.4, -0.2) is 90.9 Å². The molecule has 1 amide bonds. The molecule has 9 nitrogen and oxygen atoms in total. The Balaban J connectivity index is 1.19. The second-order valence-corrected chi connectivity index (χ2v) is 14.0. The van der Waals surface area contributed by atoms with Gasteiger partial charge in [0, 0.05) is 55.9 Å². The van der Waals surface area contributed by atoms with Gasteiger partial charge in [0.05, 0.1) is 17.3 Å². The number of ether oxygens (including phenoxy) is 2. The molecule has 0 radical (unpaired) electrons. The fraction of sp³-hybridized carbons (Fsp3) is 0.559. The lowest BCUT2D eigenvalue weighted by Crippen LogP contribution is -2.52. The Labute approximate surface area is 266 Å². The van der Waals surface area contributed by atoms with Crippen LogP contribution < -0.4 is 14.5 Å². The van der Waals surface area contributed by atoms with Crippen LogP contribution >= 0.6 is 11.6 Å². The third-order valence-electron chi connectivity index (χ3n) is 9.11. The summed E-state index contributed by atoms with van der Waals surface area (Å²) in [6, 6.07) is 13.3. The molecule has 3 aliphatic heterocycles. The Kier molecular flexibility index (Phi) is 8.79. The van der Waals surface area contributed by atoms with Gasteiger partial charge in [-0.1, -0.05) is 35.9 Å².